The summed E-state index contributed by atoms with van der Waals surface area (Å²) in [5.41, 5.74) is 5.91. The smallest absolute Gasteiger partial charge is 1.00 e. The van der Waals surface area contributed by atoms with Gasteiger partial charge in [0.05, 0.1) is 0 Å². The second kappa shape index (κ2) is 8.15. The van der Waals surface area contributed by atoms with Crippen molar-refractivity contribution in [2.45, 2.75) is 10.0 Å². The van der Waals surface area contributed by atoms with E-state index in [0.717, 1.165) is 0 Å². The molecule has 0 unspecified atom stereocenters. The molecular formula is C18H12Br2Cl2Zr. The minimum absolute atomic E-state index is 0. The van der Waals surface area contributed by atoms with E-state index < -0.39 is 23.2 Å². The SMILES string of the molecule is Brc1ccc2c(c1)[CH]([Zr+2][C]1=CC=CC1)c1cc(Br)ccc1-2.[Cl-].[Cl-]. The normalized spacial score (nSPS) is 14.3. The van der Waals surface area contributed by atoms with Crippen molar-refractivity contribution in [2.24, 2.45) is 0 Å². The van der Waals surface area contributed by atoms with Crippen LogP contribution < -0.4 is 24.8 Å². The van der Waals surface area contributed by atoms with Crippen molar-refractivity contribution in [3.05, 3.63) is 78.0 Å². The number of hydrogen-bond donors (Lipinski definition) is 0. The molecule has 0 N–H and O–H groups in total. The fraction of sp³-hybridized carbons (Fsp3) is 0.111. The van der Waals surface area contributed by atoms with E-state index in [0.29, 0.717) is 3.63 Å². The van der Waals surface area contributed by atoms with Crippen LogP contribution in [-0.4, -0.2) is 0 Å². The molecule has 0 amide bonds. The third-order valence-electron chi connectivity index (χ3n) is 4.04. The van der Waals surface area contributed by atoms with Gasteiger partial charge in [0.2, 0.25) is 0 Å². The third kappa shape index (κ3) is 3.80. The van der Waals surface area contributed by atoms with E-state index in [4.69, 9.17) is 0 Å². The molecule has 2 aromatic rings. The Hall–Kier alpha value is 0.343. The number of rotatable bonds is 2. The fourth-order valence-corrected chi connectivity index (χ4v) is 7.76. The summed E-state index contributed by atoms with van der Waals surface area (Å²) in [5, 5.41) is 0. The van der Waals surface area contributed by atoms with E-state index in [1.165, 1.54) is 37.6 Å². The van der Waals surface area contributed by atoms with Crippen LogP contribution in [0.25, 0.3) is 11.1 Å². The minimum atomic E-state index is -0.651. The van der Waals surface area contributed by atoms with Gasteiger partial charge in [-0.3, -0.25) is 0 Å². The predicted octanol–water partition coefficient (Wildman–Crippen LogP) is 0.216. The van der Waals surface area contributed by atoms with Crippen molar-refractivity contribution in [3.63, 3.8) is 0 Å². The minimum Gasteiger partial charge on any atom is -1.00 e. The zero-order valence-corrected chi connectivity index (χ0v) is 19.1. The molecule has 0 atom stereocenters. The predicted molar refractivity (Wildman–Crippen MR) is 91.0 cm³/mol. The van der Waals surface area contributed by atoms with Gasteiger partial charge >= 0.3 is 154 Å². The number of fused-ring (bicyclic) bond motifs is 3. The van der Waals surface area contributed by atoms with Crippen LogP contribution in [0, 0.1) is 0 Å². The molecule has 2 aliphatic carbocycles. The molecule has 0 nitrogen and oxygen atoms in total. The van der Waals surface area contributed by atoms with E-state index in [9.17, 15) is 0 Å². The molecule has 0 bridgehead atoms. The van der Waals surface area contributed by atoms with Crippen molar-refractivity contribution in [1.29, 1.82) is 0 Å². The molecule has 0 saturated carbocycles. The standard InChI is InChI=1S/C13H7Br2.C5H5.2ClH.Zr/c14-10-1-3-12-8(6-10)5-9-7-11(15)2-4-13(9)12;1-2-4-5-3-1;;;/h1-7H;1-3H,4H2;2*1H;/q;;;;+2/p-2. The summed E-state index contributed by atoms with van der Waals surface area (Å²) in [6.45, 7) is 0. The Kier molecular flexibility index (Phi) is 6.97. The Morgan fingerprint density at radius 3 is 1.91 bits per heavy atom. The van der Waals surface area contributed by atoms with Crippen LogP contribution in [0.4, 0.5) is 0 Å². The van der Waals surface area contributed by atoms with Gasteiger partial charge in [0.15, 0.2) is 0 Å². The average Bonchev–Trinajstić information content (AvgIpc) is 3.07. The molecular weight excluding hydrogens is 538 g/mol. The first-order valence-electron chi connectivity index (χ1n) is 6.94. The van der Waals surface area contributed by atoms with Gasteiger partial charge in [0.1, 0.15) is 0 Å². The van der Waals surface area contributed by atoms with Crippen LogP contribution in [0.3, 0.4) is 0 Å². The van der Waals surface area contributed by atoms with Gasteiger partial charge in [-0.15, -0.1) is 0 Å². The van der Waals surface area contributed by atoms with Gasteiger partial charge in [-0.2, -0.15) is 0 Å². The summed E-state index contributed by atoms with van der Waals surface area (Å²) in [5.74, 6) is 0. The molecule has 0 radical (unpaired) electrons. The van der Waals surface area contributed by atoms with E-state index in [1.807, 2.05) is 0 Å². The zero-order chi connectivity index (χ0) is 14.4. The molecule has 5 heteroatoms. The molecule has 0 fully saturated rings. The number of allylic oxidation sites excluding steroid dienone is 4. The van der Waals surface area contributed by atoms with Crippen molar-refractivity contribution in [1.82, 2.24) is 0 Å². The van der Waals surface area contributed by atoms with Crippen LogP contribution in [0.5, 0.6) is 0 Å². The molecule has 23 heavy (non-hydrogen) atoms. The maximum Gasteiger partial charge on any atom is -1.00 e. The van der Waals surface area contributed by atoms with Crippen molar-refractivity contribution >= 4 is 31.9 Å². The summed E-state index contributed by atoms with van der Waals surface area (Å²) in [6.07, 6.45) is 8.03. The van der Waals surface area contributed by atoms with Gasteiger partial charge in [-0.05, 0) is 0 Å². The molecule has 0 heterocycles. The Morgan fingerprint density at radius 1 is 0.870 bits per heavy atom. The number of halogens is 4. The van der Waals surface area contributed by atoms with E-state index in [2.05, 4.69) is 86.5 Å². The Bertz CT molecular complexity index is 748. The molecule has 0 aromatic heterocycles. The van der Waals surface area contributed by atoms with Gasteiger partial charge < -0.3 is 24.8 Å². The molecule has 2 aromatic carbocycles. The summed E-state index contributed by atoms with van der Waals surface area (Å²) in [6, 6.07) is 13.5. The van der Waals surface area contributed by atoms with Crippen LogP contribution in [0.2, 0.25) is 0 Å². The van der Waals surface area contributed by atoms with Gasteiger partial charge in [-0.25, -0.2) is 0 Å². The van der Waals surface area contributed by atoms with Crippen LogP contribution in [0.1, 0.15) is 21.2 Å². The van der Waals surface area contributed by atoms with Gasteiger partial charge in [-0.1, -0.05) is 0 Å². The summed E-state index contributed by atoms with van der Waals surface area (Å²) in [7, 11) is 0. The Balaban J connectivity index is 0.000000960. The first-order chi connectivity index (χ1) is 10.2. The molecule has 4 rings (SSSR count). The monoisotopic (exact) mass is 546 g/mol. The Morgan fingerprint density at radius 2 is 1.43 bits per heavy atom. The van der Waals surface area contributed by atoms with Crippen molar-refractivity contribution < 1.29 is 48.0 Å². The quantitative estimate of drug-likeness (QED) is 0.503. The zero-order valence-electron chi connectivity index (χ0n) is 12.0. The largest absolute Gasteiger partial charge is 1.00 e. The van der Waals surface area contributed by atoms with Crippen LogP contribution in [0.15, 0.2) is 66.9 Å². The molecule has 0 spiro atoms. The number of hydrogen-bond acceptors (Lipinski definition) is 0. The topological polar surface area (TPSA) is 0 Å². The molecule has 116 valence electrons. The Labute approximate surface area is 177 Å². The molecule has 0 aliphatic heterocycles. The summed E-state index contributed by atoms with van der Waals surface area (Å²) in [4.78, 5) is 0. The van der Waals surface area contributed by atoms with E-state index in [1.54, 1.807) is 3.28 Å². The van der Waals surface area contributed by atoms with Crippen molar-refractivity contribution in [2.75, 3.05) is 0 Å². The van der Waals surface area contributed by atoms with Gasteiger partial charge in [0.25, 0.3) is 0 Å². The molecule has 0 saturated heterocycles. The second-order valence-electron chi connectivity index (χ2n) is 5.36. The maximum atomic E-state index is 3.65. The number of benzene rings is 2. The summed E-state index contributed by atoms with van der Waals surface area (Å²) >= 11 is 6.64. The van der Waals surface area contributed by atoms with Crippen LogP contribution >= 0.6 is 31.9 Å². The van der Waals surface area contributed by atoms with E-state index in [-0.39, 0.29) is 24.8 Å². The fourth-order valence-electron chi connectivity index (χ4n) is 3.10. The second-order valence-corrected chi connectivity index (χ2v) is 10.9. The first kappa shape index (κ1) is 19.7. The van der Waals surface area contributed by atoms with Gasteiger partial charge in [0, 0.05) is 0 Å². The first-order valence-corrected chi connectivity index (χ1v) is 11.2. The van der Waals surface area contributed by atoms with Crippen molar-refractivity contribution in [3.8, 4) is 11.1 Å². The van der Waals surface area contributed by atoms with E-state index >= 15 is 0 Å². The third-order valence-corrected chi connectivity index (χ3v) is 9.09. The molecule has 2 aliphatic rings. The average molecular weight is 550 g/mol. The maximum absolute atomic E-state index is 3.65. The summed E-state index contributed by atoms with van der Waals surface area (Å²) < 4.78 is 4.72. The van der Waals surface area contributed by atoms with Crippen LogP contribution in [-0.2, 0) is 23.2 Å².